The number of ether oxygens (including phenoxy) is 1. The van der Waals surface area contributed by atoms with Crippen molar-refractivity contribution in [3.63, 3.8) is 0 Å². The van der Waals surface area contributed by atoms with Crippen molar-refractivity contribution in [3.8, 4) is 0 Å². The predicted molar refractivity (Wildman–Crippen MR) is 99.4 cm³/mol. The van der Waals surface area contributed by atoms with Gasteiger partial charge in [-0.05, 0) is 44.4 Å². The molecule has 0 aromatic carbocycles. The van der Waals surface area contributed by atoms with Crippen molar-refractivity contribution >= 4 is 11.8 Å². The number of rotatable bonds is 7. The molecule has 1 heterocycles. The molecule has 3 fully saturated rings. The van der Waals surface area contributed by atoms with E-state index in [0.29, 0.717) is 38.1 Å². The van der Waals surface area contributed by atoms with Crippen LogP contribution in [-0.4, -0.2) is 80.1 Å². The van der Waals surface area contributed by atoms with Gasteiger partial charge in [-0.2, -0.15) is 0 Å². The fourth-order valence-electron chi connectivity index (χ4n) is 4.98. The molecular weight excluding hydrogens is 332 g/mol. The minimum absolute atomic E-state index is 0.0295. The van der Waals surface area contributed by atoms with Gasteiger partial charge in [-0.25, -0.2) is 0 Å². The standard InChI is InChI=1S/C19H34N4O3/c1-13(18(24)21-6-3-11-26-2)22-7-9-23(10-8-22)19(25)16-14-4-5-15(12-14)17(16)20/h13-17H,3-12,20H2,1-2H3,(H,21,24). The van der Waals surface area contributed by atoms with Gasteiger partial charge in [-0.1, -0.05) is 0 Å². The van der Waals surface area contributed by atoms with Crippen LogP contribution in [0, 0.1) is 17.8 Å². The smallest absolute Gasteiger partial charge is 0.237 e. The molecule has 7 heteroatoms. The van der Waals surface area contributed by atoms with E-state index in [4.69, 9.17) is 10.5 Å². The first-order valence-electron chi connectivity index (χ1n) is 10.1. The van der Waals surface area contributed by atoms with E-state index in [1.54, 1.807) is 7.11 Å². The van der Waals surface area contributed by atoms with Crippen molar-refractivity contribution in [2.75, 3.05) is 46.4 Å². The van der Waals surface area contributed by atoms with Gasteiger partial charge in [0, 0.05) is 52.5 Å². The van der Waals surface area contributed by atoms with Crippen LogP contribution in [0.25, 0.3) is 0 Å². The molecule has 0 aromatic rings. The number of fused-ring (bicyclic) bond motifs is 2. The maximum absolute atomic E-state index is 13.0. The Bertz CT molecular complexity index is 505. The Hall–Kier alpha value is -1.18. The van der Waals surface area contributed by atoms with Crippen LogP contribution in [0.5, 0.6) is 0 Å². The Morgan fingerprint density at radius 2 is 1.88 bits per heavy atom. The van der Waals surface area contributed by atoms with Gasteiger partial charge in [0.25, 0.3) is 0 Å². The third kappa shape index (κ3) is 4.05. The molecule has 3 rings (SSSR count). The second kappa shape index (κ2) is 8.67. The zero-order valence-corrected chi connectivity index (χ0v) is 16.2. The first-order valence-corrected chi connectivity index (χ1v) is 10.1. The molecule has 2 amide bonds. The second-order valence-corrected chi connectivity index (χ2v) is 8.11. The zero-order valence-electron chi connectivity index (χ0n) is 16.2. The monoisotopic (exact) mass is 366 g/mol. The lowest BCUT2D eigenvalue weighted by Gasteiger charge is -2.40. The van der Waals surface area contributed by atoms with Gasteiger partial charge in [-0.15, -0.1) is 0 Å². The highest BCUT2D eigenvalue weighted by Crippen LogP contribution is 2.48. The molecule has 3 aliphatic rings. The zero-order chi connectivity index (χ0) is 18.7. The maximum Gasteiger partial charge on any atom is 0.237 e. The molecule has 0 aromatic heterocycles. The first kappa shape index (κ1) is 19.6. The summed E-state index contributed by atoms with van der Waals surface area (Å²) in [5.41, 5.74) is 6.34. The fraction of sp³-hybridized carbons (Fsp3) is 0.895. The molecule has 26 heavy (non-hydrogen) atoms. The highest BCUT2D eigenvalue weighted by Gasteiger charge is 2.50. The number of amides is 2. The van der Waals surface area contributed by atoms with Crippen LogP contribution < -0.4 is 11.1 Å². The quantitative estimate of drug-likeness (QED) is 0.622. The number of carbonyl (C=O) groups excluding carboxylic acids is 2. The summed E-state index contributed by atoms with van der Waals surface area (Å²) in [6.45, 7) is 6.11. The number of nitrogens with zero attached hydrogens (tertiary/aromatic N) is 2. The van der Waals surface area contributed by atoms with Crippen LogP contribution in [0.4, 0.5) is 0 Å². The molecule has 1 saturated heterocycles. The largest absolute Gasteiger partial charge is 0.385 e. The van der Waals surface area contributed by atoms with Crippen LogP contribution >= 0.6 is 0 Å². The third-order valence-corrected chi connectivity index (χ3v) is 6.64. The van der Waals surface area contributed by atoms with Crippen LogP contribution in [0.2, 0.25) is 0 Å². The van der Waals surface area contributed by atoms with E-state index in [2.05, 4.69) is 10.2 Å². The summed E-state index contributed by atoms with van der Waals surface area (Å²) in [7, 11) is 1.66. The van der Waals surface area contributed by atoms with E-state index >= 15 is 0 Å². The molecule has 2 bridgehead atoms. The molecule has 2 aliphatic carbocycles. The van der Waals surface area contributed by atoms with E-state index in [-0.39, 0.29) is 29.8 Å². The normalized spacial score (nSPS) is 32.7. The molecule has 0 spiro atoms. The van der Waals surface area contributed by atoms with Crippen LogP contribution in [0.1, 0.15) is 32.6 Å². The van der Waals surface area contributed by atoms with Crippen molar-refractivity contribution in [2.45, 2.75) is 44.7 Å². The number of nitrogens with two attached hydrogens (primary N) is 1. The SMILES string of the molecule is COCCCNC(=O)C(C)N1CCN(C(=O)C2C3CCC(C3)C2N)CC1. The Morgan fingerprint density at radius 1 is 1.19 bits per heavy atom. The molecular formula is C19H34N4O3. The van der Waals surface area contributed by atoms with Gasteiger partial charge < -0.3 is 20.7 Å². The lowest BCUT2D eigenvalue weighted by atomic mass is 9.84. The number of piperazine rings is 1. The number of methoxy groups -OCH3 is 1. The number of carbonyl (C=O) groups is 2. The molecule has 2 saturated carbocycles. The van der Waals surface area contributed by atoms with Crippen molar-refractivity contribution in [1.82, 2.24) is 15.1 Å². The number of hydrogen-bond donors (Lipinski definition) is 2. The van der Waals surface area contributed by atoms with Crippen LogP contribution in [-0.2, 0) is 14.3 Å². The molecule has 3 N–H and O–H groups in total. The lowest BCUT2D eigenvalue weighted by Crippen LogP contribution is -2.57. The molecule has 7 nitrogen and oxygen atoms in total. The van der Waals surface area contributed by atoms with Crippen molar-refractivity contribution in [1.29, 1.82) is 0 Å². The highest BCUT2D eigenvalue weighted by molar-refractivity contribution is 5.82. The van der Waals surface area contributed by atoms with E-state index in [1.165, 1.54) is 6.42 Å². The van der Waals surface area contributed by atoms with Crippen molar-refractivity contribution in [2.24, 2.45) is 23.5 Å². The van der Waals surface area contributed by atoms with Gasteiger partial charge >= 0.3 is 0 Å². The van der Waals surface area contributed by atoms with E-state index in [1.807, 2.05) is 11.8 Å². The Morgan fingerprint density at radius 3 is 2.50 bits per heavy atom. The van der Waals surface area contributed by atoms with Crippen molar-refractivity contribution in [3.05, 3.63) is 0 Å². The molecule has 5 unspecified atom stereocenters. The van der Waals surface area contributed by atoms with Crippen molar-refractivity contribution < 1.29 is 14.3 Å². The van der Waals surface area contributed by atoms with Gasteiger partial charge in [0.15, 0.2) is 0 Å². The number of hydrogen-bond acceptors (Lipinski definition) is 5. The summed E-state index contributed by atoms with van der Waals surface area (Å²) in [4.78, 5) is 29.4. The van der Waals surface area contributed by atoms with Gasteiger partial charge in [0.2, 0.25) is 11.8 Å². The summed E-state index contributed by atoms with van der Waals surface area (Å²) >= 11 is 0. The average Bonchev–Trinajstić information content (AvgIpc) is 3.25. The van der Waals surface area contributed by atoms with E-state index in [0.717, 1.165) is 32.4 Å². The molecule has 1 aliphatic heterocycles. The highest BCUT2D eigenvalue weighted by atomic mass is 16.5. The van der Waals surface area contributed by atoms with Gasteiger partial charge in [0.05, 0.1) is 12.0 Å². The number of nitrogens with one attached hydrogen (secondary N) is 1. The maximum atomic E-state index is 13.0. The molecule has 0 radical (unpaired) electrons. The minimum Gasteiger partial charge on any atom is -0.385 e. The summed E-state index contributed by atoms with van der Waals surface area (Å²) in [5.74, 6) is 1.38. The Kier molecular flexibility index (Phi) is 6.53. The summed E-state index contributed by atoms with van der Waals surface area (Å²) in [6, 6.07) is -0.115. The summed E-state index contributed by atoms with van der Waals surface area (Å²) in [6.07, 6.45) is 4.31. The molecule has 5 atom stereocenters. The predicted octanol–water partition coefficient (Wildman–Crippen LogP) is 0.0452. The van der Waals surface area contributed by atoms with E-state index < -0.39 is 0 Å². The van der Waals surface area contributed by atoms with E-state index in [9.17, 15) is 9.59 Å². The van der Waals surface area contributed by atoms with Gasteiger partial charge in [0.1, 0.15) is 0 Å². The minimum atomic E-state index is -0.167. The van der Waals surface area contributed by atoms with Crippen LogP contribution in [0.15, 0.2) is 0 Å². The van der Waals surface area contributed by atoms with Crippen LogP contribution in [0.3, 0.4) is 0 Å². The van der Waals surface area contributed by atoms with Gasteiger partial charge in [-0.3, -0.25) is 14.5 Å². The Balaban J connectivity index is 1.43. The second-order valence-electron chi connectivity index (χ2n) is 8.11. The first-order chi connectivity index (χ1) is 12.5. The lowest BCUT2D eigenvalue weighted by molar-refractivity contribution is -0.140. The summed E-state index contributed by atoms with van der Waals surface area (Å²) in [5, 5.41) is 2.96. The fourth-order valence-corrected chi connectivity index (χ4v) is 4.98. The molecule has 148 valence electrons. The third-order valence-electron chi connectivity index (χ3n) is 6.64. The summed E-state index contributed by atoms with van der Waals surface area (Å²) < 4.78 is 4.99. The Labute approximate surface area is 156 Å². The topological polar surface area (TPSA) is 87.9 Å². The average molecular weight is 367 g/mol.